The summed E-state index contributed by atoms with van der Waals surface area (Å²) < 4.78 is 30.0. The van der Waals surface area contributed by atoms with Gasteiger partial charge < -0.3 is 11.1 Å². The van der Waals surface area contributed by atoms with Gasteiger partial charge in [0.05, 0.1) is 34.8 Å². The lowest BCUT2D eigenvalue weighted by Gasteiger charge is -2.34. The van der Waals surface area contributed by atoms with Gasteiger partial charge in [-0.1, -0.05) is 60.6 Å². The van der Waals surface area contributed by atoms with Crippen LogP contribution in [-0.4, -0.2) is 39.2 Å². The minimum atomic E-state index is -0.243. The maximum absolute atomic E-state index is 13.2. The minimum absolute atomic E-state index is 0.0510. The number of nitrogens with zero attached hydrogens (tertiary/aromatic N) is 4. The molecule has 264 valence electrons. The van der Waals surface area contributed by atoms with E-state index in [0.29, 0.717) is 18.4 Å². The van der Waals surface area contributed by atoms with Gasteiger partial charge in [-0.25, -0.2) is 18.1 Å². The van der Waals surface area contributed by atoms with E-state index in [4.69, 9.17) is 5.73 Å². The molecule has 0 aliphatic heterocycles. The van der Waals surface area contributed by atoms with Gasteiger partial charge in [0.1, 0.15) is 11.6 Å². The summed E-state index contributed by atoms with van der Waals surface area (Å²) in [6, 6.07) is 25.9. The van der Waals surface area contributed by atoms with Crippen molar-refractivity contribution in [3.63, 3.8) is 0 Å². The van der Waals surface area contributed by atoms with Gasteiger partial charge >= 0.3 is 0 Å². The van der Waals surface area contributed by atoms with Gasteiger partial charge in [-0.15, -0.1) is 0 Å². The van der Waals surface area contributed by atoms with Crippen LogP contribution in [0.2, 0.25) is 0 Å². The highest BCUT2D eigenvalue weighted by atomic mass is 19.1. The third-order valence-corrected chi connectivity index (χ3v) is 10.2. The highest BCUT2D eigenvalue weighted by Crippen LogP contribution is 2.40. The Hall–Kier alpha value is -4.40. The van der Waals surface area contributed by atoms with Gasteiger partial charge in [-0.3, -0.25) is 0 Å². The number of hydrogen-bond donors (Lipinski definition) is 2. The van der Waals surface area contributed by atoms with Crippen LogP contribution in [0.3, 0.4) is 0 Å². The van der Waals surface area contributed by atoms with Gasteiger partial charge in [0.25, 0.3) is 0 Å². The first kappa shape index (κ1) is 36.9. The Kier molecular flexibility index (Phi) is 11.5. The zero-order chi connectivity index (χ0) is 36.1. The minimum Gasteiger partial charge on any atom is -0.330 e. The summed E-state index contributed by atoms with van der Waals surface area (Å²) in [6.07, 6.45) is 5.90. The standard InChI is InChI=1S/C22H28FN3.C20H24FN3/c1-5-20(22(3,4)15-24-6-2)16-7-12-21-17(13-16)14-25-26(21)19-10-8-18(23)9-11-19;1-4-18(20(2,3)13-22)14-5-10-19-15(11-14)12-23-24(19)17-8-6-16(21)7-9-17/h7-14,20,24H,5-6,15H2,1-4H3;5-12,18H,4,13,22H2,1-3H3. The summed E-state index contributed by atoms with van der Waals surface area (Å²) in [5.74, 6) is 0.398. The molecule has 6 aromatic rings. The summed E-state index contributed by atoms with van der Waals surface area (Å²) in [6.45, 7) is 18.3. The number of hydrogen-bond acceptors (Lipinski definition) is 4. The van der Waals surface area contributed by atoms with Crippen LogP contribution >= 0.6 is 0 Å². The molecule has 4 aromatic carbocycles. The van der Waals surface area contributed by atoms with Gasteiger partial charge in [0.2, 0.25) is 0 Å². The Labute approximate surface area is 295 Å². The van der Waals surface area contributed by atoms with Crippen LogP contribution < -0.4 is 11.1 Å². The van der Waals surface area contributed by atoms with Crippen molar-refractivity contribution in [1.29, 1.82) is 0 Å². The average molecular weight is 679 g/mol. The molecule has 0 radical (unpaired) electrons. The molecule has 0 saturated carbocycles. The van der Waals surface area contributed by atoms with Crippen molar-refractivity contribution in [2.24, 2.45) is 16.6 Å². The number of fused-ring (bicyclic) bond motifs is 2. The van der Waals surface area contributed by atoms with Crippen molar-refractivity contribution in [3.8, 4) is 11.4 Å². The van der Waals surface area contributed by atoms with Gasteiger partial charge in [0.15, 0.2) is 0 Å². The van der Waals surface area contributed by atoms with E-state index in [1.165, 1.54) is 35.4 Å². The third kappa shape index (κ3) is 7.98. The molecule has 50 heavy (non-hydrogen) atoms. The van der Waals surface area contributed by atoms with Crippen LogP contribution in [0, 0.1) is 22.5 Å². The number of nitrogens with two attached hydrogens (primary N) is 1. The second kappa shape index (κ2) is 15.7. The monoisotopic (exact) mass is 678 g/mol. The smallest absolute Gasteiger partial charge is 0.123 e. The zero-order valence-corrected chi connectivity index (χ0v) is 30.5. The van der Waals surface area contributed by atoms with Crippen molar-refractivity contribution in [1.82, 2.24) is 24.9 Å². The fourth-order valence-corrected chi connectivity index (χ4v) is 7.30. The van der Waals surface area contributed by atoms with Crippen LogP contribution in [-0.2, 0) is 0 Å². The first-order valence-electron chi connectivity index (χ1n) is 17.8. The van der Waals surface area contributed by atoms with E-state index in [1.54, 1.807) is 24.3 Å². The number of benzene rings is 4. The van der Waals surface area contributed by atoms with E-state index in [1.807, 2.05) is 21.8 Å². The lowest BCUT2D eigenvalue weighted by atomic mass is 9.73. The van der Waals surface area contributed by atoms with Crippen LogP contribution in [0.15, 0.2) is 97.3 Å². The molecule has 6 nitrogen and oxygen atoms in total. The Bertz CT molecular complexity index is 1990. The lowest BCUT2D eigenvalue weighted by molar-refractivity contribution is 0.266. The predicted octanol–water partition coefficient (Wildman–Crippen LogP) is 9.94. The van der Waals surface area contributed by atoms with Gasteiger partial charge in [-0.2, -0.15) is 10.2 Å². The summed E-state index contributed by atoms with van der Waals surface area (Å²) in [5, 5.41) is 14.7. The maximum Gasteiger partial charge on any atom is 0.123 e. The van der Waals surface area contributed by atoms with Crippen molar-refractivity contribution in [2.75, 3.05) is 19.6 Å². The first-order chi connectivity index (χ1) is 23.9. The molecule has 0 amide bonds. The molecule has 2 atom stereocenters. The van der Waals surface area contributed by atoms with Crippen molar-refractivity contribution in [3.05, 3.63) is 120 Å². The van der Waals surface area contributed by atoms with Crippen LogP contribution in [0.1, 0.15) is 84.3 Å². The first-order valence-corrected chi connectivity index (χ1v) is 17.8. The quantitative estimate of drug-likeness (QED) is 0.135. The van der Waals surface area contributed by atoms with E-state index in [-0.39, 0.29) is 22.5 Å². The molecule has 0 aliphatic rings. The van der Waals surface area contributed by atoms with E-state index in [0.717, 1.165) is 59.1 Å². The van der Waals surface area contributed by atoms with Gasteiger partial charge in [0, 0.05) is 17.3 Å². The fraction of sp³-hybridized carbons (Fsp3) is 0.381. The van der Waals surface area contributed by atoms with E-state index >= 15 is 0 Å². The van der Waals surface area contributed by atoms with E-state index < -0.39 is 0 Å². The van der Waals surface area contributed by atoms with Crippen molar-refractivity contribution in [2.45, 2.75) is 73.1 Å². The Balaban J connectivity index is 0.000000195. The van der Waals surface area contributed by atoms with Gasteiger partial charge in [-0.05, 0) is 133 Å². The Morgan fingerprint density at radius 2 is 1.06 bits per heavy atom. The van der Waals surface area contributed by atoms with Crippen molar-refractivity contribution < 1.29 is 8.78 Å². The van der Waals surface area contributed by atoms with Crippen LogP contribution in [0.5, 0.6) is 0 Å². The van der Waals surface area contributed by atoms with E-state index in [2.05, 4.69) is 100 Å². The third-order valence-electron chi connectivity index (χ3n) is 10.2. The molecule has 8 heteroatoms. The Morgan fingerprint density at radius 1 is 0.640 bits per heavy atom. The fourth-order valence-electron chi connectivity index (χ4n) is 7.30. The normalized spacial score (nSPS) is 13.3. The molecule has 0 spiro atoms. The summed E-state index contributed by atoms with van der Waals surface area (Å²) in [5.41, 5.74) is 12.6. The average Bonchev–Trinajstić information content (AvgIpc) is 3.73. The molecule has 0 fully saturated rings. The SMILES string of the molecule is CCC(c1ccc2c(cnn2-c2ccc(F)cc2)c1)C(C)(C)CN.CCNCC(C)(C)C(CC)c1ccc2c(cnn2-c2ccc(F)cc2)c1. The molecule has 6 rings (SSSR count). The number of aromatic nitrogens is 4. The topological polar surface area (TPSA) is 73.7 Å². The number of rotatable bonds is 12. The zero-order valence-electron chi connectivity index (χ0n) is 30.5. The second-order valence-electron chi connectivity index (χ2n) is 14.6. The molecule has 0 aliphatic carbocycles. The largest absolute Gasteiger partial charge is 0.330 e. The molecule has 2 heterocycles. The van der Waals surface area contributed by atoms with E-state index in [9.17, 15) is 8.78 Å². The second-order valence-corrected chi connectivity index (χ2v) is 14.6. The lowest BCUT2D eigenvalue weighted by Crippen LogP contribution is -2.34. The molecule has 0 saturated heterocycles. The number of halogens is 2. The molecule has 2 unspecified atom stereocenters. The summed E-state index contributed by atoms with van der Waals surface area (Å²) >= 11 is 0. The molecular weight excluding hydrogens is 627 g/mol. The van der Waals surface area contributed by atoms with Crippen LogP contribution in [0.4, 0.5) is 8.78 Å². The molecular formula is C42H52F2N6. The Morgan fingerprint density at radius 3 is 1.44 bits per heavy atom. The predicted molar refractivity (Wildman–Crippen MR) is 203 cm³/mol. The van der Waals surface area contributed by atoms with Crippen LogP contribution in [0.25, 0.3) is 33.2 Å². The molecule has 2 aromatic heterocycles. The molecule has 0 bridgehead atoms. The highest BCUT2D eigenvalue weighted by Gasteiger charge is 2.30. The summed E-state index contributed by atoms with van der Waals surface area (Å²) in [7, 11) is 0. The highest BCUT2D eigenvalue weighted by molar-refractivity contribution is 5.82. The van der Waals surface area contributed by atoms with Crippen molar-refractivity contribution >= 4 is 21.8 Å². The maximum atomic E-state index is 13.2. The molecule has 3 N–H and O–H groups in total. The summed E-state index contributed by atoms with van der Waals surface area (Å²) in [4.78, 5) is 0. The number of nitrogens with one attached hydrogen (secondary N) is 1.